The van der Waals surface area contributed by atoms with E-state index in [4.69, 9.17) is 0 Å². The van der Waals surface area contributed by atoms with Crippen LogP contribution in [0.4, 0.5) is 0 Å². The minimum atomic E-state index is -0.217. The van der Waals surface area contributed by atoms with E-state index in [2.05, 4.69) is 0 Å². The summed E-state index contributed by atoms with van der Waals surface area (Å²) < 4.78 is 0. The first kappa shape index (κ1) is 11.3. The third-order valence-electron chi connectivity index (χ3n) is 3.38. The highest BCUT2D eigenvalue weighted by molar-refractivity contribution is 8.00. The summed E-state index contributed by atoms with van der Waals surface area (Å²) in [6.45, 7) is 3.49. The molecular weight excluding hydrogens is 210 g/mol. The second kappa shape index (κ2) is 4.74. The van der Waals surface area contributed by atoms with Gasteiger partial charge in [-0.2, -0.15) is 0 Å². The standard InChI is InChI=1S/C11H19NO2S/c1-8-7-12(5-4-9(8)13)11(14)10-3-2-6-15-10/h8-10,13H,2-7H2,1H3. The van der Waals surface area contributed by atoms with Gasteiger partial charge in [-0.25, -0.2) is 0 Å². The van der Waals surface area contributed by atoms with Crippen LogP contribution in [0.25, 0.3) is 0 Å². The van der Waals surface area contributed by atoms with Crippen LogP contribution in [0.15, 0.2) is 0 Å². The normalized spacial score (nSPS) is 36.9. The molecule has 0 radical (unpaired) electrons. The number of thioether (sulfide) groups is 1. The summed E-state index contributed by atoms with van der Waals surface area (Å²) in [4.78, 5) is 14.0. The van der Waals surface area contributed by atoms with Gasteiger partial charge in [0.2, 0.25) is 5.91 Å². The van der Waals surface area contributed by atoms with Crippen LogP contribution in [0.5, 0.6) is 0 Å². The molecule has 2 saturated heterocycles. The van der Waals surface area contributed by atoms with E-state index in [-0.39, 0.29) is 17.3 Å². The number of amides is 1. The molecule has 0 spiro atoms. The van der Waals surface area contributed by atoms with Gasteiger partial charge >= 0.3 is 0 Å². The fourth-order valence-electron chi connectivity index (χ4n) is 2.31. The van der Waals surface area contributed by atoms with Crippen LogP contribution in [-0.4, -0.2) is 46.1 Å². The van der Waals surface area contributed by atoms with Crippen LogP contribution in [0, 0.1) is 5.92 Å². The van der Waals surface area contributed by atoms with Crippen molar-refractivity contribution < 1.29 is 9.90 Å². The van der Waals surface area contributed by atoms with Crippen molar-refractivity contribution >= 4 is 17.7 Å². The molecule has 3 atom stereocenters. The topological polar surface area (TPSA) is 40.5 Å². The molecule has 3 unspecified atom stereocenters. The lowest BCUT2D eigenvalue weighted by molar-refractivity contribution is -0.134. The quantitative estimate of drug-likeness (QED) is 0.732. The zero-order chi connectivity index (χ0) is 10.8. The molecule has 2 heterocycles. The van der Waals surface area contributed by atoms with Gasteiger partial charge in [0.25, 0.3) is 0 Å². The molecule has 0 aromatic carbocycles. The zero-order valence-electron chi connectivity index (χ0n) is 9.19. The SMILES string of the molecule is CC1CN(C(=O)C2CCCS2)CCC1O. The lowest BCUT2D eigenvalue weighted by Gasteiger charge is -2.35. The van der Waals surface area contributed by atoms with Crippen molar-refractivity contribution in [1.29, 1.82) is 0 Å². The Morgan fingerprint density at radius 2 is 2.27 bits per heavy atom. The fourth-order valence-corrected chi connectivity index (χ4v) is 3.55. The van der Waals surface area contributed by atoms with Gasteiger partial charge in [0.1, 0.15) is 0 Å². The van der Waals surface area contributed by atoms with Crippen LogP contribution < -0.4 is 0 Å². The fraction of sp³-hybridized carbons (Fsp3) is 0.909. The van der Waals surface area contributed by atoms with Gasteiger partial charge in [0, 0.05) is 13.1 Å². The van der Waals surface area contributed by atoms with E-state index >= 15 is 0 Å². The molecule has 0 bridgehead atoms. The number of rotatable bonds is 1. The number of aliphatic hydroxyl groups excluding tert-OH is 1. The van der Waals surface area contributed by atoms with E-state index in [0.717, 1.165) is 31.7 Å². The maximum Gasteiger partial charge on any atom is 0.235 e. The molecule has 2 fully saturated rings. The zero-order valence-corrected chi connectivity index (χ0v) is 10.0. The molecule has 0 aromatic rings. The number of carbonyl (C=O) groups excluding carboxylic acids is 1. The predicted octanol–water partition coefficient (Wildman–Crippen LogP) is 1.11. The monoisotopic (exact) mass is 229 g/mol. The molecule has 2 aliphatic heterocycles. The number of likely N-dealkylation sites (tertiary alicyclic amines) is 1. The minimum absolute atomic E-state index is 0.201. The molecule has 15 heavy (non-hydrogen) atoms. The van der Waals surface area contributed by atoms with Crippen LogP contribution in [0.1, 0.15) is 26.2 Å². The maximum absolute atomic E-state index is 12.1. The Kier molecular flexibility index (Phi) is 3.57. The summed E-state index contributed by atoms with van der Waals surface area (Å²) >= 11 is 1.79. The highest BCUT2D eigenvalue weighted by atomic mass is 32.2. The Bertz CT molecular complexity index is 241. The number of hydrogen-bond donors (Lipinski definition) is 1. The number of piperidine rings is 1. The second-order valence-electron chi connectivity index (χ2n) is 4.62. The maximum atomic E-state index is 12.1. The van der Waals surface area contributed by atoms with Gasteiger partial charge in [-0.1, -0.05) is 6.92 Å². The lowest BCUT2D eigenvalue weighted by atomic mass is 9.96. The van der Waals surface area contributed by atoms with Crippen molar-refractivity contribution in [3.05, 3.63) is 0 Å². The van der Waals surface area contributed by atoms with Crippen molar-refractivity contribution in [2.75, 3.05) is 18.8 Å². The first-order valence-corrected chi connectivity index (χ1v) is 6.82. The second-order valence-corrected chi connectivity index (χ2v) is 5.93. The predicted molar refractivity (Wildman–Crippen MR) is 61.8 cm³/mol. The Morgan fingerprint density at radius 1 is 1.47 bits per heavy atom. The highest BCUT2D eigenvalue weighted by Crippen LogP contribution is 2.29. The molecule has 0 aromatic heterocycles. The summed E-state index contributed by atoms with van der Waals surface area (Å²) in [5, 5.41) is 9.80. The van der Waals surface area contributed by atoms with E-state index in [9.17, 15) is 9.90 Å². The molecule has 2 aliphatic rings. The van der Waals surface area contributed by atoms with Crippen molar-refractivity contribution in [3.63, 3.8) is 0 Å². The van der Waals surface area contributed by atoms with Crippen LogP contribution in [-0.2, 0) is 4.79 Å². The van der Waals surface area contributed by atoms with Crippen LogP contribution in [0.2, 0.25) is 0 Å². The smallest absolute Gasteiger partial charge is 0.235 e. The molecule has 1 amide bonds. The highest BCUT2D eigenvalue weighted by Gasteiger charge is 2.32. The third kappa shape index (κ3) is 2.48. The van der Waals surface area contributed by atoms with E-state index < -0.39 is 0 Å². The summed E-state index contributed by atoms with van der Waals surface area (Å²) in [5.41, 5.74) is 0. The largest absolute Gasteiger partial charge is 0.393 e. The molecule has 4 heteroatoms. The summed E-state index contributed by atoms with van der Waals surface area (Å²) in [6, 6.07) is 0. The van der Waals surface area contributed by atoms with Crippen LogP contribution >= 0.6 is 11.8 Å². The van der Waals surface area contributed by atoms with Gasteiger partial charge in [-0.3, -0.25) is 4.79 Å². The van der Waals surface area contributed by atoms with Crippen molar-refractivity contribution in [1.82, 2.24) is 4.90 Å². The van der Waals surface area contributed by atoms with E-state index in [1.807, 2.05) is 11.8 Å². The van der Waals surface area contributed by atoms with Crippen molar-refractivity contribution in [2.24, 2.45) is 5.92 Å². The third-order valence-corrected chi connectivity index (χ3v) is 4.74. The van der Waals surface area contributed by atoms with Gasteiger partial charge in [0.15, 0.2) is 0 Å². The average molecular weight is 229 g/mol. The Hall–Kier alpha value is -0.220. The molecule has 86 valence electrons. The van der Waals surface area contributed by atoms with Gasteiger partial charge in [0.05, 0.1) is 11.4 Å². The van der Waals surface area contributed by atoms with Crippen molar-refractivity contribution in [3.8, 4) is 0 Å². The molecular formula is C11H19NO2S. The first-order valence-electron chi connectivity index (χ1n) is 5.77. The Balaban J connectivity index is 1.90. The molecule has 0 aliphatic carbocycles. The minimum Gasteiger partial charge on any atom is -0.393 e. The molecule has 0 saturated carbocycles. The molecule has 3 nitrogen and oxygen atoms in total. The number of hydrogen-bond acceptors (Lipinski definition) is 3. The number of nitrogens with zero attached hydrogens (tertiary/aromatic N) is 1. The summed E-state index contributed by atoms with van der Waals surface area (Å²) in [6.07, 6.45) is 2.74. The van der Waals surface area contributed by atoms with Crippen molar-refractivity contribution in [2.45, 2.75) is 37.5 Å². The summed E-state index contributed by atoms with van der Waals surface area (Å²) in [7, 11) is 0. The number of carbonyl (C=O) groups is 1. The van der Waals surface area contributed by atoms with Crippen LogP contribution in [0.3, 0.4) is 0 Å². The molecule has 2 rings (SSSR count). The first-order chi connectivity index (χ1) is 7.18. The van der Waals surface area contributed by atoms with E-state index in [0.29, 0.717) is 5.91 Å². The molecule has 1 N–H and O–H groups in total. The Morgan fingerprint density at radius 3 is 2.87 bits per heavy atom. The number of aliphatic hydroxyl groups is 1. The lowest BCUT2D eigenvalue weighted by Crippen LogP contribution is -2.47. The Labute approximate surface area is 95.2 Å². The van der Waals surface area contributed by atoms with Gasteiger partial charge < -0.3 is 10.0 Å². The van der Waals surface area contributed by atoms with E-state index in [1.54, 1.807) is 11.8 Å². The van der Waals surface area contributed by atoms with Gasteiger partial charge in [-0.15, -0.1) is 11.8 Å². The van der Waals surface area contributed by atoms with E-state index in [1.165, 1.54) is 6.42 Å². The average Bonchev–Trinajstić information content (AvgIpc) is 2.74. The van der Waals surface area contributed by atoms with Gasteiger partial charge in [-0.05, 0) is 30.9 Å². The summed E-state index contributed by atoms with van der Waals surface area (Å²) in [5.74, 6) is 1.66.